The van der Waals surface area contributed by atoms with Gasteiger partial charge in [-0.3, -0.25) is 14.5 Å². The molecule has 128 valence electrons. The van der Waals surface area contributed by atoms with Gasteiger partial charge in [-0.1, -0.05) is 12.1 Å². The molecule has 1 aliphatic heterocycles. The second kappa shape index (κ2) is 6.72. The van der Waals surface area contributed by atoms with Gasteiger partial charge in [0.25, 0.3) is 11.1 Å². The summed E-state index contributed by atoms with van der Waals surface area (Å²) >= 11 is 0.877. The summed E-state index contributed by atoms with van der Waals surface area (Å²) < 4.78 is 13.0. The summed E-state index contributed by atoms with van der Waals surface area (Å²) in [5.41, 5.74) is 2.84. The fraction of sp³-hybridized carbons (Fsp3) is 0.158. The summed E-state index contributed by atoms with van der Waals surface area (Å²) in [5, 5.41) is 9.48. The smallest absolute Gasteiger partial charge is 0.293 e. The maximum Gasteiger partial charge on any atom is 0.293 e. The molecule has 25 heavy (non-hydrogen) atoms. The van der Waals surface area contributed by atoms with Gasteiger partial charge >= 0.3 is 0 Å². The molecule has 6 heteroatoms. The minimum atomic E-state index is -0.372. The van der Waals surface area contributed by atoms with Gasteiger partial charge in [0.1, 0.15) is 11.6 Å². The van der Waals surface area contributed by atoms with E-state index in [4.69, 9.17) is 0 Å². The van der Waals surface area contributed by atoms with Crippen LogP contribution in [0.3, 0.4) is 0 Å². The van der Waals surface area contributed by atoms with Crippen molar-refractivity contribution >= 4 is 29.0 Å². The van der Waals surface area contributed by atoms with Gasteiger partial charge in [-0.15, -0.1) is 0 Å². The van der Waals surface area contributed by atoms with Crippen LogP contribution in [0, 0.1) is 19.7 Å². The van der Waals surface area contributed by atoms with Crippen LogP contribution in [0.25, 0.3) is 6.08 Å². The molecule has 1 N–H and O–H groups in total. The van der Waals surface area contributed by atoms with Gasteiger partial charge in [-0.2, -0.15) is 0 Å². The number of imide groups is 1. The molecule has 0 radical (unpaired) electrons. The van der Waals surface area contributed by atoms with Crippen LogP contribution in [0.4, 0.5) is 9.18 Å². The number of hydrogen-bond acceptors (Lipinski definition) is 4. The van der Waals surface area contributed by atoms with Gasteiger partial charge in [-0.05, 0) is 78.2 Å². The van der Waals surface area contributed by atoms with E-state index in [-0.39, 0.29) is 29.3 Å². The molecule has 2 aromatic carbocycles. The highest BCUT2D eigenvalue weighted by atomic mass is 32.2. The minimum Gasteiger partial charge on any atom is -0.507 e. The lowest BCUT2D eigenvalue weighted by Crippen LogP contribution is -2.27. The number of halogens is 1. The van der Waals surface area contributed by atoms with E-state index in [2.05, 4.69) is 0 Å². The van der Waals surface area contributed by atoms with Gasteiger partial charge in [0.05, 0.1) is 11.4 Å². The van der Waals surface area contributed by atoms with Crippen molar-refractivity contribution in [2.75, 3.05) is 0 Å². The van der Waals surface area contributed by atoms with Crippen LogP contribution in [0.1, 0.15) is 22.3 Å². The molecule has 0 aliphatic carbocycles. The van der Waals surface area contributed by atoms with E-state index in [1.165, 1.54) is 12.1 Å². The number of amides is 2. The van der Waals surface area contributed by atoms with Crippen LogP contribution in [0.15, 0.2) is 41.3 Å². The third kappa shape index (κ3) is 3.58. The Balaban J connectivity index is 1.84. The molecule has 1 saturated heterocycles. The van der Waals surface area contributed by atoms with E-state index >= 15 is 0 Å². The Morgan fingerprint density at radius 1 is 1.12 bits per heavy atom. The molecule has 1 heterocycles. The van der Waals surface area contributed by atoms with Crippen LogP contribution < -0.4 is 0 Å². The monoisotopic (exact) mass is 357 g/mol. The standard InChI is InChI=1S/C19H16FNO3S/c1-11-7-14(8-12(2)17(11)22)9-16-18(23)21(19(24)25-16)10-13-3-5-15(20)6-4-13/h3-9,22H,10H2,1-2H3/b16-9-. The SMILES string of the molecule is Cc1cc(/C=C2\SC(=O)N(Cc3ccc(F)cc3)C2=O)cc(C)c1O. The second-order valence-corrected chi connectivity index (χ2v) is 6.89. The number of rotatable bonds is 3. The van der Waals surface area contributed by atoms with Crippen molar-refractivity contribution in [1.29, 1.82) is 0 Å². The largest absolute Gasteiger partial charge is 0.507 e. The molecule has 0 spiro atoms. The van der Waals surface area contributed by atoms with Crippen molar-refractivity contribution in [2.45, 2.75) is 20.4 Å². The third-order valence-electron chi connectivity index (χ3n) is 3.94. The van der Waals surface area contributed by atoms with Gasteiger partial charge in [0.2, 0.25) is 0 Å². The van der Waals surface area contributed by atoms with Gasteiger partial charge in [0, 0.05) is 0 Å². The van der Waals surface area contributed by atoms with Crippen LogP contribution in [-0.2, 0) is 11.3 Å². The Morgan fingerprint density at radius 2 is 1.72 bits per heavy atom. The molecule has 4 nitrogen and oxygen atoms in total. The first-order valence-corrected chi connectivity index (χ1v) is 8.47. The summed E-state index contributed by atoms with van der Waals surface area (Å²) in [6, 6.07) is 9.22. The van der Waals surface area contributed by atoms with Gasteiger partial charge in [-0.25, -0.2) is 4.39 Å². The number of thioether (sulfide) groups is 1. The normalized spacial score (nSPS) is 16.1. The molecule has 1 aliphatic rings. The number of nitrogens with zero attached hydrogens (tertiary/aromatic N) is 1. The highest BCUT2D eigenvalue weighted by molar-refractivity contribution is 8.18. The van der Waals surface area contributed by atoms with Crippen molar-refractivity contribution < 1.29 is 19.1 Å². The Labute approximate surface area is 149 Å². The summed E-state index contributed by atoms with van der Waals surface area (Å²) in [7, 11) is 0. The average Bonchev–Trinajstić information content (AvgIpc) is 2.82. The average molecular weight is 357 g/mol. The molecule has 0 atom stereocenters. The Hall–Kier alpha value is -2.60. The predicted molar refractivity (Wildman–Crippen MR) is 95.5 cm³/mol. The Bertz CT molecular complexity index is 867. The van der Waals surface area contributed by atoms with Gasteiger partial charge < -0.3 is 5.11 Å². The molecule has 3 rings (SSSR count). The zero-order valence-electron chi connectivity index (χ0n) is 13.7. The molecule has 0 aromatic heterocycles. The maximum atomic E-state index is 13.0. The summed E-state index contributed by atoms with van der Waals surface area (Å²) in [5.74, 6) is -0.514. The summed E-state index contributed by atoms with van der Waals surface area (Å²) in [6.45, 7) is 3.66. The van der Waals surface area contributed by atoms with Crippen LogP contribution in [-0.4, -0.2) is 21.2 Å². The van der Waals surface area contributed by atoms with Crippen molar-refractivity contribution in [3.8, 4) is 5.75 Å². The third-order valence-corrected chi connectivity index (χ3v) is 4.85. The lowest BCUT2D eigenvalue weighted by Gasteiger charge is -2.12. The molecular formula is C19H16FNO3S. The lowest BCUT2D eigenvalue weighted by molar-refractivity contribution is -0.123. The number of aromatic hydroxyl groups is 1. The lowest BCUT2D eigenvalue weighted by atomic mass is 10.1. The second-order valence-electron chi connectivity index (χ2n) is 5.90. The highest BCUT2D eigenvalue weighted by Crippen LogP contribution is 2.34. The van der Waals surface area contributed by atoms with Crippen molar-refractivity contribution in [1.82, 2.24) is 4.90 Å². The zero-order chi connectivity index (χ0) is 18.1. The molecular weight excluding hydrogens is 341 g/mol. The van der Waals surface area contributed by atoms with E-state index in [1.54, 1.807) is 44.2 Å². The molecule has 2 aromatic rings. The first-order chi connectivity index (χ1) is 11.8. The van der Waals surface area contributed by atoms with Gasteiger partial charge in [0.15, 0.2) is 0 Å². The first-order valence-electron chi connectivity index (χ1n) is 7.65. The number of aryl methyl sites for hydroxylation is 2. The van der Waals surface area contributed by atoms with Crippen molar-refractivity contribution in [3.63, 3.8) is 0 Å². The number of benzene rings is 2. The fourth-order valence-electron chi connectivity index (χ4n) is 2.63. The Kier molecular flexibility index (Phi) is 4.63. The number of hydrogen-bond donors (Lipinski definition) is 1. The van der Waals surface area contributed by atoms with E-state index in [9.17, 15) is 19.1 Å². The van der Waals surface area contributed by atoms with Crippen molar-refractivity contribution in [2.24, 2.45) is 0 Å². The summed E-state index contributed by atoms with van der Waals surface area (Å²) in [6.07, 6.45) is 1.65. The number of carbonyl (C=O) groups excluding carboxylic acids is 2. The van der Waals surface area contributed by atoms with E-state index in [0.717, 1.165) is 22.2 Å². The van der Waals surface area contributed by atoms with E-state index < -0.39 is 0 Å². The topological polar surface area (TPSA) is 57.6 Å². The van der Waals surface area contributed by atoms with Crippen LogP contribution in [0.5, 0.6) is 5.75 Å². The highest BCUT2D eigenvalue weighted by Gasteiger charge is 2.35. The maximum absolute atomic E-state index is 13.0. The number of phenols is 1. The van der Waals surface area contributed by atoms with E-state index in [0.29, 0.717) is 21.6 Å². The first kappa shape index (κ1) is 17.2. The quantitative estimate of drug-likeness (QED) is 0.828. The number of carbonyl (C=O) groups is 2. The fourth-order valence-corrected chi connectivity index (χ4v) is 3.47. The summed E-state index contributed by atoms with van der Waals surface area (Å²) in [4.78, 5) is 26.2. The molecule has 0 saturated carbocycles. The van der Waals surface area contributed by atoms with Crippen molar-refractivity contribution in [3.05, 3.63) is 69.4 Å². The Morgan fingerprint density at radius 3 is 2.32 bits per heavy atom. The van der Waals surface area contributed by atoms with Crippen LogP contribution in [0.2, 0.25) is 0 Å². The molecule has 0 bridgehead atoms. The number of phenolic OH excluding ortho intramolecular Hbond substituents is 1. The van der Waals surface area contributed by atoms with Crippen LogP contribution >= 0.6 is 11.8 Å². The minimum absolute atomic E-state index is 0.107. The van der Waals surface area contributed by atoms with E-state index in [1.807, 2.05) is 0 Å². The zero-order valence-corrected chi connectivity index (χ0v) is 14.6. The molecule has 0 unspecified atom stereocenters. The molecule has 2 amide bonds. The predicted octanol–water partition coefficient (Wildman–Crippen LogP) is 4.38. The molecule has 1 fully saturated rings.